The minimum absolute atomic E-state index is 0.261. The Labute approximate surface area is 149 Å². The van der Waals surface area contributed by atoms with Crippen molar-refractivity contribution in [2.24, 2.45) is 0 Å². The van der Waals surface area contributed by atoms with Gasteiger partial charge in [0.05, 0.1) is 12.5 Å². The van der Waals surface area contributed by atoms with Crippen LogP contribution < -0.4 is 10.1 Å². The summed E-state index contributed by atoms with van der Waals surface area (Å²) < 4.78 is 18.6. The molecule has 0 spiro atoms. The molecule has 0 aliphatic heterocycles. The summed E-state index contributed by atoms with van der Waals surface area (Å²) in [5.74, 6) is 1.19. The molecule has 0 aliphatic rings. The molecule has 2 aromatic heterocycles. The highest BCUT2D eigenvalue weighted by Crippen LogP contribution is 2.30. The summed E-state index contributed by atoms with van der Waals surface area (Å²) >= 11 is 0. The van der Waals surface area contributed by atoms with Gasteiger partial charge < -0.3 is 15.0 Å². The van der Waals surface area contributed by atoms with E-state index in [1.165, 1.54) is 18.5 Å². The Balaban J connectivity index is 1.76. The van der Waals surface area contributed by atoms with Crippen molar-refractivity contribution in [1.29, 1.82) is 0 Å². The van der Waals surface area contributed by atoms with Gasteiger partial charge in [-0.15, -0.1) is 0 Å². The maximum atomic E-state index is 13.3. The lowest BCUT2D eigenvalue weighted by Crippen LogP contribution is -1.97. The number of fused-ring (bicyclic) bond motifs is 1. The average Bonchev–Trinajstić information content (AvgIpc) is 3.09. The molecule has 0 unspecified atom stereocenters. The molecule has 26 heavy (non-hydrogen) atoms. The summed E-state index contributed by atoms with van der Waals surface area (Å²) in [5, 5.41) is 4.12. The molecule has 0 atom stereocenters. The van der Waals surface area contributed by atoms with E-state index < -0.39 is 0 Å². The third kappa shape index (κ3) is 2.97. The van der Waals surface area contributed by atoms with E-state index in [0.717, 1.165) is 39.3 Å². The van der Waals surface area contributed by atoms with Gasteiger partial charge in [-0.3, -0.25) is 0 Å². The molecule has 6 heteroatoms. The molecule has 5 nitrogen and oxygen atoms in total. The highest BCUT2D eigenvalue weighted by atomic mass is 19.1. The fraction of sp³-hybridized carbons (Fsp3) is 0.100. The summed E-state index contributed by atoms with van der Waals surface area (Å²) in [5.41, 5.74) is 4.24. The first-order chi connectivity index (χ1) is 12.6. The van der Waals surface area contributed by atoms with Gasteiger partial charge >= 0.3 is 0 Å². The molecular weight excluding hydrogens is 331 g/mol. The highest BCUT2D eigenvalue weighted by Gasteiger charge is 2.11. The van der Waals surface area contributed by atoms with E-state index >= 15 is 0 Å². The lowest BCUT2D eigenvalue weighted by Gasteiger charge is -2.09. The number of nitrogens with zero attached hydrogens (tertiary/aromatic N) is 2. The van der Waals surface area contributed by atoms with Crippen molar-refractivity contribution < 1.29 is 9.13 Å². The molecule has 2 heterocycles. The minimum atomic E-state index is -0.261. The fourth-order valence-electron chi connectivity index (χ4n) is 2.88. The third-order valence-corrected chi connectivity index (χ3v) is 4.25. The second-order valence-electron chi connectivity index (χ2n) is 5.98. The molecular formula is C20H17FN4O. The van der Waals surface area contributed by atoms with Crippen LogP contribution in [0.25, 0.3) is 22.3 Å². The van der Waals surface area contributed by atoms with Crippen LogP contribution in [0.3, 0.4) is 0 Å². The first-order valence-corrected chi connectivity index (χ1v) is 8.15. The quantitative estimate of drug-likeness (QED) is 0.555. The largest absolute Gasteiger partial charge is 0.497 e. The van der Waals surface area contributed by atoms with Crippen LogP contribution >= 0.6 is 0 Å². The topological polar surface area (TPSA) is 62.8 Å². The number of methoxy groups -OCH3 is 1. The predicted octanol–water partition coefficient (Wildman–Crippen LogP) is 4.82. The van der Waals surface area contributed by atoms with E-state index in [9.17, 15) is 4.39 Å². The number of benzene rings is 2. The monoisotopic (exact) mass is 348 g/mol. The summed E-state index contributed by atoms with van der Waals surface area (Å²) in [6, 6.07) is 14.4. The Kier molecular flexibility index (Phi) is 4.01. The van der Waals surface area contributed by atoms with Crippen LogP contribution in [0, 0.1) is 12.7 Å². The number of H-pyrrole nitrogens is 1. The number of ether oxygens (including phenoxy) is 1. The molecule has 0 amide bonds. The van der Waals surface area contributed by atoms with Gasteiger partial charge in [-0.1, -0.05) is 12.1 Å². The van der Waals surface area contributed by atoms with E-state index in [1.54, 1.807) is 13.2 Å². The molecule has 0 radical (unpaired) electrons. The Morgan fingerprint density at radius 1 is 1.08 bits per heavy atom. The zero-order chi connectivity index (χ0) is 18.1. The number of anilines is 2. The van der Waals surface area contributed by atoms with E-state index in [0.29, 0.717) is 5.82 Å². The lowest BCUT2D eigenvalue weighted by molar-refractivity contribution is 0.415. The minimum Gasteiger partial charge on any atom is -0.497 e. The Hall–Kier alpha value is -3.41. The average molecular weight is 348 g/mol. The molecule has 130 valence electrons. The normalized spacial score (nSPS) is 10.9. The molecule has 0 saturated heterocycles. The third-order valence-electron chi connectivity index (χ3n) is 4.25. The van der Waals surface area contributed by atoms with Crippen molar-refractivity contribution in [3.05, 3.63) is 66.2 Å². The van der Waals surface area contributed by atoms with Gasteiger partial charge in [0, 0.05) is 16.9 Å². The van der Waals surface area contributed by atoms with Crippen molar-refractivity contribution in [3.8, 4) is 17.0 Å². The molecule has 4 rings (SSSR count). The van der Waals surface area contributed by atoms with Gasteiger partial charge in [-0.2, -0.15) is 0 Å². The van der Waals surface area contributed by atoms with Gasteiger partial charge in [0.15, 0.2) is 0 Å². The van der Waals surface area contributed by atoms with Gasteiger partial charge in [0.1, 0.15) is 29.4 Å². The highest BCUT2D eigenvalue weighted by molar-refractivity contribution is 5.93. The number of rotatable bonds is 4. The molecule has 0 aliphatic carbocycles. The van der Waals surface area contributed by atoms with Crippen molar-refractivity contribution in [2.45, 2.75) is 6.92 Å². The van der Waals surface area contributed by atoms with E-state index in [-0.39, 0.29) is 5.82 Å². The van der Waals surface area contributed by atoms with E-state index in [1.807, 2.05) is 37.3 Å². The molecule has 2 aromatic carbocycles. The number of halogens is 1. The van der Waals surface area contributed by atoms with Crippen LogP contribution in [0.4, 0.5) is 15.9 Å². The number of aromatic amines is 1. The number of hydrogen-bond acceptors (Lipinski definition) is 4. The maximum Gasteiger partial charge on any atom is 0.143 e. The van der Waals surface area contributed by atoms with Crippen LogP contribution in [-0.2, 0) is 0 Å². The van der Waals surface area contributed by atoms with Crippen LogP contribution in [0.5, 0.6) is 5.75 Å². The first-order valence-electron chi connectivity index (χ1n) is 8.15. The van der Waals surface area contributed by atoms with Gasteiger partial charge in [0.2, 0.25) is 0 Å². The molecule has 4 aromatic rings. The SMILES string of the molecule is COc1cccc(-c2cc3c(Nc4ccc(F)cc4C)ncnc3[nH]2)c1. The smallest absolute Gasteiger partial charge is 0.143 e. The van der Waals surface area contributed by atoms with Crippen LogP contribution in [-0.4, -0.2) is 22.1 Å². The summed E-state index contributed by atoms with van der Waals surface area (Å²) in [7, 11) is 1.64. The van der Waals surface area contributed by atoms with Crippen LogP contribution in [0.15, 0.2) is 54.9 Å². The zero-order valence-electron chi connectivity index (χ0n) is 14.4. The Morgan fingerprint density at radius 2 is 1.96 bits per heavy atom. The second-order valence-corrected chi connectivity index (χ2v) is 5.98. The number of nitrogens with one attached hydrogen (secondary N) is 2. The maximum absolute atomic E-state index is 13.3. The Bertz CT molecular complexity index is 1090. The van der Waals surface area contributed by atoms with Crippen molar-refractivity contribution in [1.82, 2.24) is 15.0 Å². The zero-order valence-corrected chi connectivity index (χ0v) is 14.4. The van der Waals surface area contributed by atoms with Crippen LogP contribution in [0.1, 0.15) is 5.56 Å². The van der Waals surface area contributed by atoms with Gasteiger partial charge in [-0.05, 0) is 48.9 Å². The molecule has 0 bridgehead atoms. The lowest BCUT2D eigenvalue weighted by atomic mass is 10.1. The summed E-state index contributed by atoms with van der Waals surface area (Å²) in [6.07, 6.45) is 1.50. The van der Waals surface area contributed by atoms with Crippen LogP contribution in [0.2, 0.25) is 0 Å². The van der Waals surface area contributed by atoms with E-state index in [2.05, 4.69) is 20.3 Å². The molecule has 0 fully saturated rings. The summed E-state index contributed by atoms with van der Waals surface area (Å²) in [4.78, 5) is 12.0. The number of aryl methyl sites for hydroxylation is 1. The number of aromatic nitrogens is 3. The van der Waals surface area contributed by atoms with Gasteiger partial charge in [0.25, 0.3) is 0 Å². The predicted molar refractivity (Wildman–Crippen MR) is 100 cm³/mol. The standard InChI is InChI=1S/C20H17FN4O/c1-12-8-14(21)6-7-17(12)24-19-16-10-18(25-20(16)23-11-22-19)13-4-3-5-15(9-13)26-2/h3-11H,1-2H3,(H2,22,23,24,25). The molecule has 0 saturated carbocycles. The fourth-order valence-corrected chi connectivity index (χ4v) is 2.88. The summed E-state index contributed by atoms with van der Waals surface area (Å²) in [6.45, 7) is 1.85. The second kappa shape index (κ2) is 6.48. The van der Waals surface area contributed by atoms with Crippen molar-refractivity contribution in [3.63, 3.8) is 0 Å². The Morgan fingerprint density at radius 3 is 2.77 bits per heavy atom. The first kappa shape index (κ1) is 16.1. The van der Waals surface area contributed by atoms with Crippen molar-refractivity contribution in [2.75, 3.05) is 12.4 Å². The van der Waals surface area contributed by atoms with Crippen molar-refractivity contribution >= 4 is 22.5 Å². The van der Waals surface area contributed by atoms with Gasteiger partial charge in [-0.25, -0.2) is 14.4 Å². The number of hydrogen-bond donors (Lipinski definition) is 2. The van der Waals surface area contributed by atoms with E-state index in [4.69, 9.17) is 4.74 Å². The molecule has 2 N–H and O–H groups in total.